The molecule has 0 heterocycles. The van der Waals surface area contributed by atoms with Crippen LogP contribution in [-0.4, -0.2) is 30.3 Å². The summed E-state index contributed by atoms with van der Waals surface area (Å²) < 4.78 is 0. The number of nitrogens with zero attached hydrogens (tertiary/aromatic N) is 1. The van der Waals surface area contributed by atoms with E-state index in [0.29, 0.717) is 5.78 Å². The Bertz CT molecular complexity index is 465. The van der Waals surface area contributed by atoms with E-state index < -0.39 is 0 Å². The lowest BCUT2D eigenvalue weighted by Gasteiger charge is -2.29. The van der Waals surface area contributed by atoms with Crippen molar-refractivity contribution in [2.45, 2.75) is 59.9 Å². The summed E-state index contributed by atoms with van der Waals surface area (Å²) in [6, 6.07) is 6.53. The van der Waals surface area contributed by atoms with Crippen molar-refractivity contribution in [2.24, 2.45) is 5.92 Å². The molecular formula is C19H31NO. The fourth-order valence-corrected chi connectivity index (χ4v) is 2.70. The zero-order valence-corrected chi connectivity index (χ0v) is 14.6. The number of rotatable bonds is 8. The molecule has 1 rings (SSSR count). The standard InChI is InChI=1S/C19H31NO/c1-7-8-11-20(6)18(19(21)14(2)3)13-17-10-9-15(4)12-16(17)5/h9-10,12,14,18H,7-8,11,13H2,1-6H3. The van der Waals surface area contributed by atoms with Gasteiger partial charge < -0.3 is 0 Å². The number of likely N-dealkylation sites (N-methyl/N-ethyl adjacent to an activating group) is 1. The van der Waals surface area contributed by atoms with Crippen molar-refractivity contribution in [3.8, 4) is 0 Å². The van der Waals surface area contributed by atoms with Crippen LogP contribution >= 0.6 is 0 Å². The van der Waals surface area contributed by atoms with Gasteiger partial charge in [-0.3, -0.25) is 9.69 Å². The van der Waals surface area contributed by atoms with Crippen LogP contribution in [0, 0.1) is 19.8 Å². The Balaban J connectivity index is 2.93. The summed E-state index contributed by atoms with van der Waals surface area (Å²) in [5.41, 5.74) is 3.87. The topological polar surface area (TPSA) is 20.3 Å². The monoisotopic (exact) mass is 289 g/mol. The van der Waals surface area contributed by atoms with Gasteiger partial charge in [-0.1, -0.05) is 51.0 Å². The van der Waals surface area contributed by atoms with Gasteiger partial charge >= 0.3 is 0 Å². The molecule has 0 aromatic heterocycles. The average Bonchev–Trinajstić information content (AvgIpc) is 2.43. The number of carbonyl (C=O) groups excluding carboxylic acids is 1. The van der Waals surface area contributed by atoms with E-state index in [0.717, 1.165) is 25.8 Å². The maximum atomic E-state index is 12.6. The molecule has 0 amide bonds. The Morgan fingerprint density at radius 3 is 2.43 bits per heavy atom. The molecule has 1 atom stereocenters. The molecule has 21 heavy (non-hydrogen) atoms. The highest BCUT2D eigenvalue weighted by Crippen LogP contribution is 2.17. The van der Waals surface area contributed by atoms with E-state index >= 15 is 0 Å². The molecule has 0 bridgehead atoms. The Morgan fingerprint density at radius 1 is 1.24 bits per heavy atom. The largest absolute Gasteiger partial charge is 0.298 e. The fraction of sp³-hybridized carbons (Fsp3) is 0.632. The van der Waals surface area contributed by atoms with Crippen molar-refractivity contribution in [3.63, 3.8) is 0 Å². The van der Waals surface area contributed by atoms with Gasteiger partial charge in [0, 0.05) is 5.92 Å². The zero-order valence-electron chi connectivity index (χ0n) is 14.6. The second kappa shape index (κ2) is 8.33. The molecule has 0 aliphatic carbocycles. The van der Waals surface area contributed by atoms with Crippen molar-refractivity contribution >= 4 is 5.78 Å². The number of unbranched alkanes of at least 4 members (excludes halogenated alkanes) is 1. The lowest BCUT2D eigenvalue weighted by Crippen LogP contribution is -2.42. The first-order valence-corrected chi connectivity index (χ1v) is 8.16. The summed E-state index contributed by atoms with van der Waals surface area (Å²) >= 11 is 0. The highest BCUT2D eigenvalue weighted by Gasteiger charge is 2.25. The van der Waals surface area contributed by atoms with Crippen LogP contribution in [-0.2, 0) is 11.2 Å². The van der Waals surface area contributed by atoms with Crippen molar-refractivity contribution < 1.29 is 4.79 Å². The predicted molar refractivity (Wildman–Crippen MR) is 90.8 cm³/mol. The van der Waals surface area contributed by atoms with Gasteiger partial charge in [0.05, 0.1) is 6.04 Å². The molecule has 118 valence electrons. The number of benzene rings is 1. The Labute approximate surface area is 130 Å². The lowest BCUT2D eigenvalue weighted by atomic mass is 9.92. The Kier molecular flexibility index (Phi) is 7.10. The number of aryl methyl sites for hydroxylation is 2. The van der Waals surface area contributed by atoms with E-state index in [1.807, 2.05) is 13.8 Å². The molecule has 0 spiro atoms. The third-order valence-corrected chi connectivity index (χ3v) is 4.21. The van der Waals surface area contributed by atoms with Crippen molar-refractivity contribution in [1.82, 2.24) is 4.90 Å². The van der Waals surface area contributed by atoms with E-state index in [1.165, 1.54) is 16.7 Å². The van der Waals surface area contributed by atoms with E-state index in [4.69, 9.17) is 0 Å². The SMILES string of the molecule is CCCCN(C)C(Cc1ccc(C)cc1C)C(=O)C(C)C. The maximum Gasteiger partial charge on any atom is 0.152 e. The molecule has 2 heteroatoms. The van der Waals surface area contributed by atoms with Crippen LogP contribution in [0.15, 0.2) is 18.2 Å². The maximum absolute atomic E-state index is 12.6. The van der Waals surface area contributed by atoms with Crippen molar-refractivity contribution in [2.75, 3.05) is 13.6 Å². The van der Waals surface area contributed by atoms with Gasteiger partial charge in [0.15, 0.2) is 5.78 Å². The van der Waals surface area contributed by atoms with Gasteiger partial charge in [-0.25, -0.2) is 0 Å². The van der Waals surface area contributed by atoms with Crippen LogP contribution in [0.2, 0.25) is 0 Å². The zero-order chi connectivity index (χ0) is 16.0. The molecule has 1 aromatic rings. The van der Waals surface area contributed by atoms with Gasteiger partial charge in [0.1, 0.15) is 0 Å². The third kappa shape index (κ3) is 5.28. The van der Waals surface area contributed by atoms with Gasteiger partial charge in [0.2, 0.25) is 0 Å². The summed E-state index contributed by atoms with van der Waals surface area (Å²) in [6.45, 7) is 11.4. The minimum atomic E-state index is -0.00189. The number of Topliss-reactive ketones (excluding diaryl/α,β-unsaturated/α-hetero) is 1. The predicted octanol–water partition coefficient (Wildman–Crippen LogP) is 4.17. The number of hydrogen-bond acceptors (Lipinski definition) is 2. The third-order valence-electron chi connectivity index (χ3n) is 4.21. The quantitative estimate of drug-likeness (QED) is 0.716. The lowest BCUT2D eigenvalue weighted by molar-refractivity contribution is -0.126. The van der Waals surface area contributed by atoms with Crippen LogP contribution in [0.25, 0.3) is 0 Å². The molecule has 0 saturated heterocycles. The van der Waals surface area contributed by atoms with Crippen LogP contribution in [0.4, 0.5) is 0 Å². The molecule has 0 saturated carbocycles. The van der Waals surface area contributed by atoms with E-state index in [2.05, 4.69) is 50.9 Å². The number of hydrogen-bond donors (Lipinski definition) is 0. The summed E-state index contributed by atoms with van der Waals surface area (Å²) in [4.78, 5) is 14.8. The summed E-state index contributed by atoms with van der Waals surface area (Å²) in [5, 5.41) is 0. The molecule has 0 aliphatic heterocycles. The van der Waals surface area contributed by atoms with Gasteiger partial charge in [0.25, 0.3) is 0 Å². The molecule has 0 N–H and O–H groups in total. The molecule has 0 fully saturated rings. The van der Waals surface area contributed by atoms with E-state index in [1.54, 1.807) is 0 Å². The van der Waals surface area contributed by atoms with Gasteiger partial charge in [-0.05, 0) is 51.4 Å². The normalized spacial score (nSPS) is 13.0. The van der Waals surface area contributed by atoms with Crippen LogP contribution < -0.4 is 0 Å². The van der Waals surface area contributed by atoms with Gasteiger partial charge in [-0.15, -0.1) is 0 Å². The Morgan fingerprint density at radius 2 is 1.90 bits per heavy atom. The molecule has 0 aliphatic rings. The minimum absolute atomic E-state index is 0.00189. The van der Waals surface area contributed by atoms with Crippen molar-refractivity contribution in [1.29, 1.82) is 0 Å². The highest BCUT2D eigenvalue weighted by molar-refractivity contribution is 5.86. The summed E-state index contributed by atoms with van der Waals surface area (Å²) in [5.74, 6) is 0.443. The van der Waals surface area contributed by atoms with Crippen LogP contribution in [0.3, 0.4) is 0 Å². The summed E-state index contributed by atoms with van der Waals surface area (Å²) in [7, 11) is 2.09. The fourth-order valence-electron chi connectivity index (χ4n) is 2.70. The molecule has 0 radical (unpaired) electrons. The Hall–Kier alpha value is -1.15. The second-order valence-electron chi connectivity index (χ2n) is 6.54. The summed E-state index contributed by atoms with van der Waals surface area (Å²) in [6.07, 6.45) is 3.13. The van der Waals surface area contributed by atoms with Gasteiger partial charge in [-0.2, -0.15) is 0 Å². The highest BCUT2D eigenvalue weighted by atomic mass is 16.1. The molecule has 1 aromatic carbocycles. The van der Waals surface area contributed by atoms with Crippen LogP contribution in [0.5, 0.6) is 0 Å². The number of ketones is 1. The smallest absolute Gasteiger partial charge is 0.152 e. The first kappa shape index (κ1) is 17.9. The minimum Gasteiger partial charge on any atom is -0.298 e. The van der Waals surface area contributed by atoms with Crippen molar-refractivity contribution in [3.05, 3.63) is 34.9 Å². The van der Waals surface area contributed by atoms with E-state index in [-0.39, 0.29) is 12.0 Å². The first-order chi connectivity index (χ1) is 9.86. The number of carbonyl (C=O) groups is 1. The molecular weight excluding hydrogens is 258 g/mol. The average molecular weight is 289 g/mol. The first-order valence-electron chi connectivity index (χ1n) is 8.16. The van der Waals surface area contributed by atoms with Crippen LogP contribution in [0.1, 0.15) is 50.3 Å². The second-order valence-corrected chi connectivity index (χ2v) is 6.54. The van der Waals surface area contributed by atoms with E-state index in [9.17, 15) is 4.79 Å². The molecule has 2 nitrogen and oxygen atoms in total. The molecule has 1 unspecified atom stereocenters.